The highest BCUT2D eigenvalue weighted by atomic mass is 32.1. The molecule has 0 unspecified atom stereocenters. The first-order valence-electron chi connectivity index (χ1n) is 8.28. The summed E-state index contributed by atoms with van der Waals surface area (Å²) < 4.78 is 1.20. The van der Waals surface area contributed by atoms with E-state index in [9.17, 15) is 9.59 Å². The number of nitrogens with zero attached hydrogens (tertiary/aromatic N) is 2. The lowest BCUT2D eigenvalue weighted by Crippen LogP contribution is -2.40. The van der Waals surface area contributed by atoms with Crippen LogP contribution in [0.1, 0.15) is 36.7 Å². The molecule has 1 aromatic heterocycles. The maximum absolute atomic E-state index is 11.8. The molecule has 3 amide bonds. The van der Waals surface area contributed by atoms with Crippen LogP contribution in [-0.4, -0.2) is 42.0 Å². The predicted molar refractivity (Wildman–Crippen MR) is 95.0 cm³/mol. The summed E-state index contributed by atoms with van der Waals surface area (Å²) in [4.78, 5) is 30.1. The number of rotatable bonds is 4. The average Bonchev–Trinajstić information content (AvgIpc) is 3.04. The number of amides is 3. The van der Waals surface area contributed by atoms with Crippen molar-refractivity contribution in [2.24, 2.45) is 0 Å². The van der Waals surface area contributed by atoms with Crippen LogP contribution in [-0.2, 0) is 4.79 Å². The number of likely N-dealkylation sites (tertiary alicyclic amines) is 1. The minimum Gasteiger partial charge on any atom is -0.341 e. The fraction of sp³-hybridized carbons (Fsp3) is 0.471. The number of nitrogens with one attached hydrogen (secondary N) is 2. The van der Waals surface area contributed by atoms with Gasteiger partial charge in [0.1, 0.15) is 5.01 Å². The van der Waals surface area contributed by atoms with Gasteiger partial charge in [0.05, 0.1) is 16.3 Å². The molecule has 2 heterocycles. The van der Waals surface area contributed by atoms with Crippen molar-refractivity contribution < 1.29 is 9.59 Å². The van der Waals surface area contributed by atoms with Crippen molar-refractivity contribution in [2.45, 2.75) is 31.7 Å². The van der Waals surface area contributed by atoms with Gasteiger partial charge in [0.2, 0.25) is 5.91 Å². The molecule has 1 aromatic carbocycles. The number of aromatic nitrogens is 1. The molecule has 0 spiro atoms. The molecule has 1 atom stereocenters. The van der Waals surface area contributed by atoms with E-state index in [-0.39, 0.29) is 11.9 Å². The van der Waals surface area contributed by atoms with E-state index in [1.54, 1.807) is 11.3 Å². The van der Waals surface area contributed by atoms with Crippen LogP contribution in [0.2, 0.25) is 0 Å². The Balaban J connectivity index is 1.67. The zero-order valence-electron chi connectivity index (χ0n) is 13.7. The number of fused-ring (bicyclic) bond motifs is 1. The minimum atomic E-state index is -0.457. The van der Waals surface area contributed by atoms with E-state index in [4.69, 9.17) is 4.98 Å². The number of imide groups is 1. The first kappa shape index (κ1) is 16.9. The standard InChI is InChI=1S/C17H22N4O2S/c1-18-17(23)20-15(22)9-11-21-10-5-4-7-13(21)16-19-12-6-2-3-8-14(12)24-16/h2-3,6,8,13H,4-5,7,9-11H2,1H3,(H2,18,20,22,23)/t13-/m0/s1. The van der Waals surface area contributed by atoms with Crippen molar-refractivity contribution >= 4 is 33.5 Å². The monoisotopic (exact) mass is 346 g/mol. The van der Waals surface area contributed by atoms with Crippen molar-refractivity contribution in [1.82, 2.24) is 20.5 Å². The molecule has 1 saturated heterocycles. The number of benzene rings is 1. The van der Waals surface area contributed by atoms with Crippen LogP contribution in [0.3, 0.4) is 0 Å². The maximum atomic E-state index is 11.8. The average molecular weight is 346 g/mol. The van der Waals surface area contributed by atoms with E-state index >= 15 is 0 Å². The number of piperidine rings is 1. The van der Waals surface area contributed by atoms with Crippen molar-refractivity contribution in [2.75, 3.05) is 20.1 Å². The molecule has 0 aliphatic carbocycles. The van der Waals surface area contributed by atoms with Gasteiger partial charge in [0.25, 0.3) is 0 Å². The Kier molecular flexibility index (Phi) is 5.42. The van der Waals surface area contributed by atoms with Gasteiger partial charge in [-0.25, -0.2) is 9.78 Å². The van der Waals surface area contributed by atoms with E-state index in [1.807, 2.05) is 18.2 Å². The van der Waals surface area contributed by atoms with E-state index in [0.29, 0.717) is 13.0 Å². The lowest BCUT2D eigenvalue weighted by atomic mass is 10.0. The van der Waals surface area contributed by atoms with Crippen molar-refractivity contribution in [3.63, 3.8) is 0 Å². The molecule has 2 N–H and O–H groups in total. The zero-order chi connectivity index (χ0) is 16.9. The van der Waals surface area contributed by atoms with Crippen molar-refractivity contribution in [1.29, 1.82) is 0 Å². The SMILES string of the molecule is CNC(=O)NC(=O)CCN1CCCC[C@H]1c1nc2ccccc2s1. The molecule has 1 aliphatic heterocycles. The Labute approximate surface area is 145 Å². The molecular formula is C17H22N4O2S. The highest BCUT2D eigenvalue weighted by Crippen LogP contribution is 2.35. The largest absolute Gasteiger partial charge is 0.341 e. The first-order chi connectivity index (χ1) is 11.7. The molecule has 128 valence electrons. The normalized spacial score (nSPS) is 18.5. The second-order valence-electron chi connectivity index (χ2n) is 5.94. The number of thiazole rings is 1. The van der Waals surface area contributed by atoms with E-state index in [2.05, 4.69) is 21.6 Å². The lowest BCUT2D eigenvalue weighted by Gasteiger charge is -2.34. The molecule has 6 nitrogen and oxygen atoms in total. The summed E-state index contributed by atoms with van der Waals surface area (Å²) in [5.41, 5.74) is 1.04. The Morgan fingerprint density at radius 1 is 1.33 bits per heavy atom. The van der Waals surface area contributed by atoms with Crippen LogP contribution in [0.15, 0.2) is 24.3 Å². The van der Waals surface area contributed by atoms with Gasteiger partial charge in [0.15, 0.2) is 0 Å². The van der Waals surface area contributed by atoms with Crippen LogP contribution >= 0.6 is 11.3 Å². The summed E-state index contributed by atoms with van der Waals surface area (Å²) in [5.74, 6) is -0.247. The van der Waals surface area contributed by atoms with Gasteiger partial charge in [-0.1, -0.05) is 18.6 Å². The quantitative estimate of drug-likeness (QED) is 0.892. The third-order valence-corrected chi connectivity index (χ3v) is 5.45. The Morgan fingerprint density at radius 3 is 2.96 bits per heavy atom. The molecule has 0 bridgehead atoms. The first-order valence-corrected chi connectivity index (χ1v) is 9.10. The number of carbonyl (C=O) groups is 2. The van der Waals surface area contributed by atoms with Crippen LogP contribution in [0.5, 0.6) is 0 Å². The number of carbonyl (C=O) groups excluding carboxylic acids is 2. The predicted octanol–water partition coefficient (Wildman–Crippen LogP) is 2.67. The minimum absolute atomic E-state index is 0.247. The summed E-state index contributed by atoms with van der Waals surface area (Å²) in [6.45, 7) is 1.61. The van der Waals surface area contributed by atoms with Crippen LogP contribution in [0.4, 0.5) is 4.79 Å². The highest BCUT2D eigenvalue weighted by Gasteiger charge is 2.27. The van der Waals surface area contributed by atoms with Gasteiger partial charge >= 0.3 is 6.03 Å². The summed E-state index contributed by atoms with van der Waals surface area (Å²) in [6, 6.07) is 7.99. The fourth-order valence-corrected chi connectivity index (χ4v) is 4.20. The molecule has 0 radical (unpaired) electrons. The van der Waals surface area contributed by atoms with Crippen molar-refractivity contribution in [3.8, 4) is 0 Å². The second-order valence-corrected chi connectivity index (χ2v) is 7.01. The molecule has 1 aliphatic rings. The Hall–Kier alpha value is -1.99. The number of hydrogen-bond donors (Lipinski definition) is 2. The Bertz CT molecular complexity index is 697. The van der Waals surface area contributed by atoms with Gasteiger partial charge in [-0.05, 0) is 31.5 Å². The van der Waals surface area contributed by atoms with Gasteiger partial charge in [-0.15, -0.1) is 11.3 Å². The molecule has 2 aromatic rings. The van der Waals surface area contributed by atoms with Crippen LogP contribution < -0.4 is 10.6 Å². The van der Waals surface area contributed by atoms with E-state index in [0.717, 1.165) is 29.9 Å². The van der Waals surface area contributed by atoms with E-state index in [1.165, 1.54) is 18.2 Å². The van der Waals surface area contributed by atoms with Crippen molar-refractivity contribution in [3.05, 3.63) is 29.3 Å². The number of hydrogen-bond acceptors (Lipinski definition) is 5. The third kappa shape index (κ3) is 3.91. The maximum Gasteiger partial charge on any atom is 0.321 e. The summed E-state index contributed by atoms with van der Waals surface area (Å²) in [7, 11) is 1.50. The summed E-state index contributed by atoms with van der Waals surface area (Å²) in [5, 5.41) is 5.83. The molecule has 1 fully saturated rings. The third-order valence-electron chi connectivity index (χ3n) is 4.32. The van der Waals surface area contributed by atoms with Gasteiger partial charge in [-0.3, -0.25) is 15.0 Å². The fourth-order valence-electron chi connectivity index (χ4n) is 3.07. The topological polar surface area (TPSA) is 74.3 Å². The molecular weight excluding hydrogens is 324 g/mol. The van der Waals surface area contributed by atoms with Gasteiger partial charge in [0, 0.05) is 20.0 Å². The molecule has 7 heteroatoms. The Morgan fingerprint density at radius 2 is 2.17 bits per heavy atom. The zero-order valence-corrected chi connectivity index (χ0v) is 14.6. The molecule has 24 heavy (non-hydrogen) atoms. The number of urea groups is 1. The van der Waals surface area contributed by atoms with E-state index < -0.39 is 6.03 Å². The van der Waals surface area contributed by atoms with Gasteiger partial charge in [-0.2, -0.15) is 0 Å². The lowest BCUT2D eigenvalue weighted by molar-refractivity contribution is -0.120. The smallest absolute Gasteiger partial charge is 0.321 e. The molecule has 3 rings (SSSR count). The molecule has 0 saturated carbocycles. The highest BCUT2D eigenvalue weighted by molar-refractivity contribution is 7.18. The second kappa shape index (κ2) is 7.72. The summed E-state index contributed by atoms with van der Waals surface area (Å²) >= 11 is 1.74. The van der Waals surface area contributed by atoms with Crippen LogP contribution in [0.25, 0.3) is 10.2 Å². The van der Waals surface area contributed by atoms with Gasteiger partial charge < -0.3 is 5.32 Å². The summed E-state index contributed by atoms with van der Waals surface area (Å²) in [6.07, 6.45) is 3.70. The number of para-hydroxylation sites is 1. The van der Waals surface area contributed by atoms with Crippen LogP contribution in [0, 0.1) is 0 Å².